The van der Waals surface area contributed by atoms with Gasteiger partial charge in [0.05, 0.1) is 18.7 Å². The minimum absolute atomic E-state index is 0.0926. The lowest BCUT2D eigenvalue weighted by Gasteiger charge is -2.18. The molecule has 24 heavy (non-hydrogen) atoms. The van der Waals surface area contributed by atoms with E-state index in [0.717, 1.165) is 5.56 Å². The van der Waals surface area contributed by atoms with E-state index in [4.69, 9.17) is 14.7 Å². The molecule has 0 spiro atoms. The first kappa shape index (κ1) is 17.4. The van der Waals surface area contributed by atoms with Gasteiger partial charge in [-0.05, 0) is 24.6 Å². The van der Waals surface area contributed by atoms with Crippen LogP contribution < -0.4 is 9.47 Å². The zero-order valence-electron chi connectivity index (χ0n) is 14.1. The standard InChI is InChI=1S/C19H20N2O3/c1-14-4-6-15(7-5-14)12-21(2)19(22)13-24-17-9-8-16(11-20)10-18(17)23-3/h4-10H,12-13H2,1-3H3. The summed E-state index contributed by atoms with van der Waals surface area (Å²) in [6.45, 7) is 2.45. The highest BCUT2D eigenvalue weighted by Gasteiger charge is 2.12. The Morgan fingerprint density at radius 3 is 2.50 bits per heavy atom. The van der Waals surface area contributed by atoms with Crippen LogP contribution >= 0.6 is 0 Å². The molecule has 0 saturated heterocycles. The minimum Gasteiger partial charge on any atom is -0.493 e. The van der Waals surface area contributed by atoms with Crippen molar-refractivity contribution in [2.75, 3.05) is 20.8 Å². The third-order valence-electron chi connectivity index (χ3n) is 3.61. The Kier molecular flexibility index (Phi) is 5.80. The number of benzene rings is 2. The van der Waals surface area contributed by atoms with E-state index in [0.29, 0.717) is 23.6 Å². The normalized spacial score (nSPS) is 9.92. The molecule has 0 radical (unpaired) electrons. The Morgan fingerprint density at radius 2 is 1.88 bits per heavy atom. The number of nitrogens with zero attached hydrogens (tertiary/aromatic N) is 2. The second-order valence-electron chi connectivity index (χ2n) is 5.50. The number of nitriles is 1. The monoisotopic (exact) mass is 324 g/mol. The number of hydrogen-bond acceptors (Lipinski definition) is 4. The lowest BCUT2D eigenvalue weighted by molar-refractivity contribution is -0.132. The Morgan fingerprint density at radius 1 is 1.17 bits per heavy atom. The van der Waals surface area contributed by atoms with Crippen molar-refractivity contribution < 1.29 is 14.3 Å². The van der Waals surface area contributed by atoms with Gasteiger partial charge in [-0.25, -0.2) is 0 Å². The van der Waals surface area contributed by atoms with Crippen molar-refractivity contribution in [3.63, 3.8) is 0 Å². The van der Waals surface area contributed by atoms with Crippen LogP contribution in [0.1, 0.15) is 16.7 Å². The third kappa shape index (κ3) is 4.50. The van der Waals surface area contributed by atoms with E-state index in [9.17, 15) is 4.79 Å². The van der Waals surface area contributed by atoms with Crippen molar-refractivity contribution >= 4 is 5.91 Å². The van der Waals surface area contributed by atoms with Gasteiger partial charge in [0.25, 0.3) is 5.91 Å². The minimum atomic E-state index is -0.137. The molecule has 0 unspecified atom stereocenters. The van der Waals surface area contributed by atoms with E-state index in [1.54, 1.807) is 30.1 Å². The zero-order chi connectivity index (χ0) is 17.5. The Hall–Kier alpha value is -3.00. The Balaban J connectivity index is 1.95. The number of rotatable bonds is 6. The van der Waals surface area contributed by atoms with Gasteiger partial charge in [0.1, 0.15) is 0 Å². The number of ether oxygens (including phenoxy) is 2. The van der Waals surface area contributed by atoms with Crippen LogP contribution in [-0.4, -0.2) is 31.6 Å². The fourth-order valence-electron chi connectivity index (χ4n) is 2.16. The van der Waals surface area contributed by atoms with Gasteiger partial charge < -0.3 is 14.4 Å². The molecule has 2 rings (SSSR count). The number of aryl methyl sites for hydroxylation is 1. The maximum Gasteiger partial charge on any atom is 0.260 e. The summed E-state index contributed by atoms with van der Waals surface area (Å²) in [5, 5.41) is 8.89. The highest BCUT2D eigenvalue weighted by Crippen LogP contribution is 2.27. The lowest BCUT2D eigenvalue weighted by Crippen LogP contribution is -2.31. The third-order valence-corrected chi connectivity index (χ3v) is 3.61. The highest BCUT2D eigenvalue weighted by atomic mass is 16.5. The zero-order valence-corrected chi connectivity index (χ0v) is 14.1. The number of methoxy groups -OCH3 is 1. The van der Waals surface area contributed by atoms with Gasteiger partial charge in [0, 0.05) is 19.7 Å². The first-order valence-electron chi connectivity index (χ1n) is 7.54. The average molecular weight is 324 g/mol. The van der Waals surface area contributed by atoms with E-state index in [2.05, 4.69) is 0 Å². The van der Waals surface area contributed by atoms with E-state index >= 15 is 0 Å². The molecule has 5 nitrogen and oxygen atoms in total. The molecule has 124 valence electrons. The Bertz CT molecular complexity index is 748. The van der Waals surface area contributed by atoms with Crippen molar-refractivity contribution in [1.29, 1.82) is 5.26 Å². The summed E-state index contributed by atoms with van der Waals surface area (Å²) >= 11 is 0. The Labute approximate surface area is 142 Å². The van der Waals surface area contributed by atoms with Crippen LogP contribution in [-0.2, 0) is 11.3 Å². The van der Waals surface area contributed by atoms with Crippen molar-refractivity contribution in [2.45, 2.75) is 13.5 Å². The second kappa shape index (κ2) is 8.02. The van der Waals surface area contributed by atoms with Crippen LogP contribution in [0.5, 0.6) is 11.5 Å². The average Bonchev–Trinajstić information content (AvgIpc) is 2.61. The summed E-state index contributed by atoms with van der Waals surface area (Å²) in [4.78, 5) is 13.8. The van der Waals surface area contributed by atoms with Gasteiger partial charge in [0.15, 0.2) is 18.1 Å². The summed E-state index contributed by atoms with van der Waals surface area (Å²) in [6, 6.07) is 14.9. The molecule has 0 aliphatic rings. The van der Waals surface area contributed by atoms with Crippen molar-refractivity contribution in [3.8, 4) is 17.6 Å². The summed E-state index contributed by atoms with van der Waals surface area (Å²) < 4.78 is 10.7. The van der Waals surface area contributed by atoms with Crippen LogP contribution in [0.25, 0.3) is 0 Å². The fourth-order valence-corrected chi connectivity index (χ4v) is 2.16. The van der Waals surface area contributed by atoms with E-state index in [-0.39, 0.29) is 12.5 Å². The number of carbonyl (C=O) groups excluding carboxylic acids is 1. The smallest absolute Gasteiger partial charge is 0.260 e. The van der Waals surface area contributed by atoms with Crippen molar-refractivity contribution in [3.05, 3.63) is 59.2 Å². The van der Waals surface area contributed by atoms with Gasteiger partial charge in [-0.3, -0.25) is 4.79 Å². The molecule has 0 heterocycles. The molecule has 0 aliphatic carbocycles. The van der Waals surface area contributed by atoms with Gasteiger partial charge in [-0.1, -0.05) is 29.8 Å². The van der Waals surface area contributed by atoms with Gasteiger partial charge >= 0.3 is 0 Å². The first-order chi connectivity index (χ1) is 11.5. The molecule has 0 bridgehead atoms. The maximum absolute atomic E-state index is 12.2. The molecule has 0 saturated carbocycles. The summed E-state index contributed by atoms with van der Waals surface area (Å²) in [5.41, 5.74) is 2.72. The molecule has 1 amide bonds. The number of amides is 1. The molecule has 2 aromatic carbocycles. The quantitative estimate of drug-likeness (QED) is 0.819. The summed E-state index contributed by atoms with van der Waals surface area (Å²) in [5.74, 6) is 0.735. The molecule has 2 aromatic rings. The van der Waals surface area contributed by atoms with Gasteiger partial charge in [0.2, 0.25) is 0 Å². The number of likely N-dealkylation sites (N-methyl/N-ethyl adjacent to an activating group) is 1. The first-order valence-corrected chi connectivity index (χ1v) is 7.54. The van der Waals surface area contributed by atoms with Crippen LogP contribution in [0.4, 0.5) is 0 Å². The number of hydrogen-bond donors (Lipinski definition) is 0. The number of carbonyl (C=O) groups is 1. The topological polar surface area (TPSA) is 62.6 Å². The lowest BCUT2D eigenvalue weighted by atomic mass is 10.1. The molecular weight excluding hydrogens is 304 g/mol. The largest absolute Gasteiger partial charge is 0.493 e. The fraction of sp³-hybridized carbons (Fsp3) is 0.263. The SMILES string of the molecule is COc1cc(C#N)ccc1OCC(=O)N(C)Cc1ccc(C)cc1. The molecule has 5 heteroatoms. The molecule has 0 N–H and O–H groups in total. The van der Waals surface area contributed by atoms with E-state index in [1.807, 2.05) is 37.3 Å². The van der Waals surface area contributed by atoms with Gasteiger partial charge in [-0.15, -0.1) is 0 Å². The van der Waals surface area contributed by atoms with Crippen LogP contribution in [0.2, 0.25) is 0 Å². The molecule has 0 fully saturated rings. The van der Waals surface area contributed by atoms with Crippen LogP contribution in [0, 0.1) is 18.3 Å². The summed E-state index contributed by atoms with van der Waals surface area (Å²) in [7, 11) is 3.23. The molecule has 0 aromatic heterocycles. The van der Waals surface area contributed by atoms with Gasteiger partial charge in [-0.2, -0.15) is 5.26 Å². The summed E-state index contributed by atoms with van der Waals surface area (Å²) in [6.07, 6.45) is 0. The van der Waals surface area contributed by atoms with Crippen LogP contribution in [0.15, 0.2) is 42.5 Å². The predicted molar refractivity (Wildman–Crippen MR) is 90.9 cm³/mol. The predicted octanol–water partition coefficient (Wildman–Crippen LogP) is 2.91. The molecule has 0 aliphatic heterocycles. The molecular formula is C19H20N2O3. The van der Waals surface area contributed by atoms with E-state index in [1.165, 1.54) is 12.7 Å². The van der Waals surface area contributed by atoms with E-state index < -0.39 is 0 Å². The van der Waals surface area contributed by atoms with Crippen molar-refractivity contribution in [1.82, 2.24) is 4.90 Å². The van der Waals surface area contributed by atoms with Crippen molar-refractivity contribution in [2.24, 2.45) is 0 Å². The molecule has 0 atom stereocenters. The highest BCUT2D eigenvalue weighted by molar-refractivity contribution is 5.77. The maximum atomic E-state index is 12.2. The second-order valence-corrected chi connectivity index (χ2v) is 5.50. The van der Waals surface area contributed by atoms with Crippen LogP contribution in [0.3, 0.4) is 0 Å².